The van der Waals surface area contributed by atoms with Crippen molar-refractivity contribution in [1.82, 2.24) is 0 Å². The topological polar surface area (TPSA) is 61.9 Å². The maximum atomic E-state index is 13.1. The first kappa shape index (κ1) is 21.2. The highest BCUT2D eigenvalue weighted by Gasteiger charge is 2.34. The van der Waals surface area contributed by atoms with Gasteiger partial charge in [-0.1, -0.05) is 61.5 Å². The third-order valence-electron chi connectivity index (χ3n) is 7.16. The molecular weight excluding hydrogens is 432 g/mol. The second-order valence-corrected chi connectivity index (χ2v) is 9.24. The van der Waals surface area contributed by atoms with E-state index in [0.29, 0.717) is 23.2 Å². The Labute approximate surface area is 204 Å². The van der Waals surface area contributed by atoms with Crippen molar-refractivity contribution in [2.24, 2.45) is 10.8 Å². The van der Waals surface area contributed by atoms with Gasteiger partial charge in [0.2, 0.25) is 0 Å². The largest absolute Gasteiger partial charge is 0.382 e. The molecule has 2 N–H and O–H groups in total. The molecule has 2 aliphatic rings. The predicted octanol–water partition coefficient (Wildman–Crippen LogP) is 6.19. The summed E-state index contributed by atoms with van der Waals surface area (Å²) in [4.78, 5) is 15.5. The maximum Gasteiger partial charge on any atom is 0.282 e. The van der Waals surface area contributed by atoms with Crippen molar-refractivity contribution >= 4 is 45.7 Å². The molecule has 0 fully saturated rings. The molecule has 4 aromatic carbocycles. The van der Waals surface area contributed by atoms with Crippen LogP contribution in [0.2, 0.25) is 0 Å². The number of amides is 1. The Morgan fingerprint density at radius 3 is 2.37 bits per heavy atom. The summed E-state index contributed by atoms with van der Waals surface area (Å²) in [5.74, 6) is 0.355. The summed E-state index contributed by atoms with van der Waals surface area (Å²) < 4.78 is 0. The predicted molar refractivity (Wildman–Crippen MR) is 144 cm³/mol. The van der Waals surface area contributed by atoms with Crippen LogP contribution in [0.25, 0.3) is 16.8 Å². The van der Waals surface area contributed by atoms with Gasteiger partial charge < -0.3 is 10.6 Å². The molecule has 0 radical (unpaired) electrons. The van der Waals surface area contributed by atoms with Crippen molar-refractivity contribution < 1.29 is 4.79 Å². The highest BCUT2D eigenvalue weighted by molar-refractivity contribution is 6.31. The molecule has 0 aliphatic carbocycles. The number of rotatable bonds is 3. The molecule has 0 bridgehead atoms. The molecule has 2 unspecified atom stereocenters. The van der Waals surface area contributed by atoms with Gasteiger partial charge in [0.25, 0.3) is 5.91 Å². The van der Waals surface area contributed by atoms with Crippen molar-refractivity contribution in [3.05, 3.63) is 108 Å². The zero-order chi connectivity index (χ0) is 24.1. The van der Waals surface area contributed by atoms with E-state index in [2.05, 4.69) is 84.5 Å². The minimum Gasteiger partial charge on any atom is -0.382 e. The van der Waals surface area contributed by atoms with Gasteiger partial charge in [0, 0.05) is 23.3 Å². The Bertz CT molecular complexity index is 1520. The molecule has 5 heteroatoms. The van der Waals surface area contributed by atoms with Crippen LogP contribution in [0, 0.1) is 0 Å². The van der Waals surface area contributed by atoms with E-state index < -0.39 is 0 Å². The van der Waals surface area contributed by atoms with Gasteiger partial charge in [0.1, 0.15) is 0 Å². The van der Waals surface area contributed by atoms with Gasteiger partial charge in [-0.05, 0) is 71.3 Å². The summed E-state index contributed by atoms with van der Waals surface area (Å²) in [5, 5.41) is 8.13. The molecule has 2 atom stereocenters. The van der Waals surface area contributed by atoms with Gasteiger partial charge in [-0.3, -0.25) is 4.79 Å². The lowest BCUT2D eigenvalue weighted by atomic mass is 9.96. The summed E-state index contributed by atoms with van der Waals surface area (Å²) in [7, 11) is 0. The standard InChI is InChI=1S/C30H26N4O/c1-19-20(2)33(25-14-13-22-8-6-7-9-23(22)18-25)28-15-12-21(16-26(19)28)17-27-29(31)32-34(30(27)35)24-10-4-3-5-11-24/h3-20H,1-2H3,(H2,31,32)/b27-17-. The van der Waals surface area contributed by atoms with E-state index in [4.69, 9.17) is 5.73 Å². The normalized spacial score (nSPS) is 20.6. The molecule has 35 heavy (non-hydrogen) atoms. The van der Waals surface area contributed by atoms with E-state index >= 15 is 0 Å². The molecule has 5 nitrogen and oxygen atoms in total. The molecule has 6 rings (SSSR count). The Balaban J connectivity index is 1.35. The maximum absolute atomic E-state index is 13.1. The number of hydrogen-bond donors (Lipinski definition) is 1. The van der Waals surface area contributed by atoms with E-state index in [1.807, 2.05) is 36.4 Å². The molecule has 0 spiro atoms. The summed E-state index contributed by atoms with van der Waals surface area (Å²) in [6.45, 7) is 4.52. The number of benzene rings is 4. The first-order chi connectivity index (χ1) is 17.0. The number of hydrazone groups is 1. The first-order valence-corrected chi connectivity index (χ1v) is 11.9. The number of nitrogens with two attached hydrogens (primary N) is 1. The lowest BCUT2D eigenvalue weighted by Crippen LogP contribution is -2.25. The zero-order valence-corrected chi connectivity index (χ0v) is 19.7. The van der Waals surface area contributed by atoms with Gasteiger partial charge in [-0.25, -0.2) is 0 Å². The lowest BCUT2D eigenvalue weighted by molar-refractivity contribution is -0.114. The van der Waals surface area contributed by atoms with Gasteiger partial charge in [0.15, 0.2) is 5.84 Å². The second kappa shape index (κ2) is 8.13. The first-order valence-electron chi connectivity index (χ1n) is 11.9. The molecule has 4 aromatic rings. The SMILES string of the molecule is CC1c2cc(/C=C3\C(=O)N(c4ccccc4)N=C3N)ccc2N(c2ccc3ccccc3c2)C1C. The molecule has 0 saturated carbocycles. The third kappa shape index (κ3) is 3.48. The fourth-order valence-corrected chi connectivity index (χ4v) is 5.13. The minimum absolute atomic E-state index is 0.214. The molecular formula is C30H26N4O. The van der Waals surface area contributed by atoms with Crippen LogP contribution in [0.4, 0.5) is 17.1 Å². The summed E-state index contributed by atoms with van der Waals surface area (Å²) >= 11 is 0. The number of amidine groups is 1. The Hall–Kier alpha value is -4.38. The number of carbonyl (C=O) groups is 1. The van der Waals surface area contributed by atoms with Gasteiger partial charge in [-0.15, -0.1) is 5.10 Å². The van der Waals surface area contributed by atoms with E-state index in [1.165, 1.54) is 32.7 Å². The number of para-hydroxylation sites is 1. The van der Waals surface area contributed by atoms with Crippen molar-refractivity contribution in [3.63, 3.8) is 0 Å². The number of anilines is 3. The van der Waals surface area contributed by atoms with Crippen LogP contribution >= 0.6 is 0 Å². The molecule has 2 aliphatic heterocycles. The lowest BCUT2D eigenvalue weighted by Gasteiger charge is -2.27. The monoisotopic (exact) mass is 458 g/mol. The van der Waals surface area contributed by atoms with E-state index in [-0.39, 0.29) is 11.7 Å². The molecule has 1 amide bonds. The van der Waals surface area contributed by atoms with Crippen molar-refractivity contribution in [2.45, 2.75) is 25.8 Å². The Kier molecular flexibility index (Phi) is 4.92. The molecule has 0 aromatic heterocycles. The van der Waals surface area contributed by atoms with Crippen molar-refractivity contribution in [2.75, 3.05) is 9.91 Å². The summed E-state index contributed by atoms with van der Waals surface area (Å²) in [5.41, 5.74) is 11.9. The zero-order valence-electron chi connectivity index (χ0n) is 19.7. The van der Waals surface area contributed by atoms with Crippen LogP contribution in [0.1, 0.15) is 30.9 Å². The Morgan fingerprint density at radius 1 is 0.829 bits per heavy atom. The van der Waals surface area contributed by atoms with Crippen LogP contribution < -0.4 is 15.6 Å². The molecule has 2 heterocycles. The number of nitrogens with zero attached hydrogens (tertiary/aromatic N) is 3. The van der Waals surface area contributed by atoms with Crippen LogP contribution in [0.5, 0.6) is 0 Å². The third-order valence-corrected chi connectivity index (χ3v) is 7.16. The van der Waals surface area contributed by atoms with Crippen LogP contribution in [0.15, 0.2) is 102 Å². The molecule has 172 valence electrons. The van der Waals surface area contributed by atoms with Gasteiger partial charge in [0.05, 0.1) is 11.3 Å². The van der Waals surface area contributed by atoms with E-state index in [1.54, 1.807) is 0 Å². The van der Waals surface area contributed by atoms with Crippen LogP contribution in [-0.4, -0.2) is 17.8 Å². The van der Waals surface area contributed by atoms with Crippen molar-refractivity contribution in [1.29, 1.82) is 0 Å². The van der Waals surface area contributed by atoms with Crippen molar-refractivity contribution in [3.8, 4) is 0 Å². The average Bonchev–Trinajstić information content (AvgIpc) is 3.31. The van der Waals surface area contributed by atoms with E-state index in [9.17, 15) is 4.79 Å². The minimum atomic E-state index is -0.214. The van der Waals surface area contributed by atoms with Gasteiger partial charge >= 0.3 is 0 Å². The highest BCUT2D eigenvalue weighted by atomic mass is 16.2. The summed E-state index contributed by atoms with van der Waals surface area (Å²) in [6.07, 6.45) is 1.85. The number of carbonyl (C=O) groups excluding carboxylic acids is 1. The van der Waals surface area contributed by atoms with Gasteiger partial charge in [-0.2, -0.15) is 5.01 Å². The smallest absolute Gasteiger partial charge is 0.282 e. The summed E-state index contributed by atoms with van der Waals surface area (Å²) in [6, 6.07) is 31.1. The fraction of sp³-hybridized carbons (Fsp3) is 0.133. The van der Waals surface area contributed by atoms with Crippen LogP contribution in [-0.2, 0) is 4.79 Å². The number of fused-ring (bicyclic) bond motifs is 2. The fourth-order valence-electron chi connectivity index (χ4n) is 5.13. The van der Waals surface area contributed by atoms with Crippen LogP contribution in [0.3, 0.4) is 0 Å². The average molecular weight is 459 g/mol. The number of hydrogen-bond acceptors (Lipinski definition) is 4. The molecule has 0 saturated heterocycles. The highest BCUT2D eigenvalue weighted by Crippen LogP contribution is 2.46. The second-order valence-electron chi connectivity index (χ2n) is 9.24. The van der Waals surface area contributed by atoms with E-state index in [0.717, 1.165) is 5.56 Å². The quantitative estimate of drug-likeness (QED) is 0.373. The Morgan fingerprint density at radius 2 is 1.57 bits per heavy atom.